The Balaban J connectivity index is 2.41. The van der Waals surface area contributed by atoms with Gasteiger partial charge in [-0.25, -0.2) is 4.68 Å². The van der Waals surface area contributed by atoms with E-state index in [1.165, 1.54) is 4.68 Å². The summed E-state index contributed by atoms with van der Waals surface area (Å²) in [5, 5.41) is 7.33. The third-order valence-corrected chi connectivity index (χ3v) is 2.06. The van der Waals surface area contributed by atoms with Crippen LogP contribution in [0.1, 0.15) is 19.4 Å². The Bertz CT molecular complexity index is 357. The van der Waals surface area contributed by atoms with E-state index in [0.29, 0.717) is 12.5 Å². The molecule has 1 aromatic rings. The molecule has 0 fully saturated rings. The van der Waals surface area contributed by atoms with Crippen LogP contribution in [0.5, 0.6) is 0 Å². The van der Waals surface area contributed by atoms with Gasteiger partial charge in [-0.05, 0) is 24.9 Å². The Labute approximate surface area is 90.3 Å². The van der Waals surface area contributed by atoms with E-state index in [9.17, 15) is 4.79 Å². The van der Waals surface area contributed by atoms with E-state index in [-0.39, 0.29) is 5.56 Å². The van der Waals surface area contributed by atoms with Crippen molar-refractivity contribution in [3.63, 3.8) is 0 Å². The number of aromatic nitrogens is 2. The molecule has 1 aromatic heterocycles. The lowest BCUT2D eigenvalue weighted by molar-refractivity contribution is 0.494. The Morgan fingerprint density at radius 3 is 2.87 bits per heavy atom. The van der Waals surface area contributed by atoms with Crippen molar-refractivity contribution in [2.45, 2.75) is 27.3 Å². The zero-order valence-corrected chi connectivity index (χ0v) is 9.66. The van der Waals surface area contributed by atoms with Crippen LogP contribution in [0, 0.1) is 12.8 Å². The molecule has 84 valence electrons. The van der Waals surface area contributed by atoms with Gasteiger partial charge in [0.15, 0.2) is 0 Å². The molecular formula is C11H19N3O. The monoisotopic (exact) mass is 209 g/mol. The summed E-state index contributed by atoms with van der Waals surface area (Å²) in [6.45, 7) is 8.57. The lowest BCUT2D eigenvalue weighted by Gasteiger charge is -2.08. The zero-order chi connectivity index (χ0) is 11.3. The van der Waals surface area contributed by atoms with Gasteiger partial charge in [0, 0.05) is 12.6 Å². The van der Waals surface area contributed by atoms with Gasteiger partial charge in [-0.2, -0.15) is 5.10 Å². The second-order valence-electron chi connectivity index (χ2n) is 4.19. The van der Waals surface area contributed by atoms with E-state index in [1.54, 1.807) is 12.3 Å². The topological polar surface area (TPSA) is 46.9 Å². The van der Waals surface area contributed by atoms with Crippen LogP contribution in [-0.4, -0.2) is 22.9 Å². The van der Waals surface area contributed by atoms with Crippen molar-refractivity contribution in [3.8, 4) is 0 Å². The van der Waals surface area contributed by atoms with Crippen molar-refractivity contribution in [3.05, 3.63) is 28.2 Å². The zero-order valence-electron chi connectivity index (χ0n) is 9.66. The first-order valence-corrected chi connectivity index (χ1v) is 5.34. The van der Waals surface area contributed by atoms with Gasteiger partial charge in [0.2, 0.25) is 0 Å². The van der Waals surface area contributed by atoms with Gasteiger partial charge in [0.05, 0.1) is 12.7 Å². The summed E-state index contributed by atoms with van der Waals surface area (Å²) in [5.41, 5.74) is 0.882. The first kappa shape index (κ1) is 11.9. The van der Waals surface area contributed by atoms with Crippen LogP contribution in [0.15, 0.2) is 17.1 Å². The number of hydrogen-bond donors (Lipinski definition) is 1. The summed E-state index contributed by atoms with van der Waals surface area (Å²) in [4.78, 5) is 11.4. The molecule has 0 unspecified atom stereocenters. The van der Waals surface area contributed by atoms with Crippen LogP contribution in [0.2, 0.25) is 0 Å². The minimum absolute atomic E-state index is 0.0265. The summed E-state index contributed by atoms with van der Waals surface area (Å²) < 4.78 is 1.49. The molecule has 0 atom stereocenters. The highest BCUT2D eigenvalue weighted by Crippen LogP contribution is 1.88. The molecule has 0 bridgehead atoms. The minimum atomic E-state index is -0.0265. The minimum Gasteiger partial charge on any atom is -0.315 e. The molecule has 0 spiro atoms. The van der Waals surface area contributed by atoms with Crippen molar-refractivity contribution < 1.29 is 0 Å². The number of hydrogen-bond acceptors (Lipinski definition) is 3. The molecule has 0 aliphatic carbocycles. The van der Waals surface area contributed by atoms with E-state index in [0.717, 1.165) is 18.7 Å². The molecule has 4 nitrogen and oxygen atoms in total. The lowest BCUT2D eigenvalue weighted by atomic mass is 10.2. The van der Waals surface area contributed by atoms with Crippen molar-refractivity contribution >= 4 is 0 Å². The first-order chi connectivity index (χ1) is 7.09. The van der Waals surface area contributed by atoms with Crippen LogP contribution in [0.25, 0.3) is 0 Å². The molecule has 0 amide bonds. The summed E-state index contributed by atoms with van der Waals surface area (Å²) in [5.74, 6) is 0.632. The van der Waals surface area contributed by atoms with Crippen molar-refractivity contribution in [1.82, 2.24) is 15.1 Å². The van der Waals surface area contributed by atoms with Gasteiger partial charge in [-0.1, -0.05) is 13.8 Å². The van der Waals surface area contributed by atoms with Gasteiger partial charge < -0.3 is 5.32 Å². The maximum absolute atomic E-state index is 11.4. The fraction of sp³-hybridized carbons (Fsp3) is 0.636. The molecule has 0 radical (unpaired) electrons. The van der Waals surface area contributed by atoms with Crippen LogP contribution in [0.3, 0.4) is 0 Å². The molecular weight excluding hydrogens is 190 g/mol. The highest BCUT2D eigenvalue weighted by atomic mass is 16.1. The van der Waals surface area contributed by atoms with Crippen LogP contribution in [0.4, 0.5) is 0 Å². The SMILES string of the molecule is Cc1cnn(CCNCC(C)C)c(=O)c1. The fourth-order valence-electron chi connectivity index (χ4n) is 1.27. The predicted octanol–water partition coefficient (Wildman–Crippen LogP) is 0.797. The van der Waals surface area contributed by atoms with Crippen molar-refractivity contribution in [1.29, 1.82) is 0 Å². The highest BCUT2D eigenvalue weighted by Gasteiger charge is 1.97. The standard InChI is InChI=1S/C11H19N3O/c1-9(2)7-12-4-5-14-11(15)6-10(3)8-13-14/h6,8-9,12H,4-5,7H2,1-3H3. The van der Waals surface area contributed by atoms with Gasteiger partial charge in [0.25, 0.3) is 5.56 Å². The van der Waals surface area contributed by atoms with Gasteiger partial charge in [-0.3, -0.25) is 4.79 Å². The number of rotatable bonds is 5. The third kappa shape index (κ3) is 4.25. The normalized spacial score (nSPS) is 10.9. The smallest absolute Gasteiger partial charge is 0.267 e. The summed E-state index contributed by atoms with van der Waals surface area (Å²) in [6, 6.07) is 1.61. The Kier molecular flexibility index (Phi) is 4.49. The van der Waals surface area contributed by atoms with E-state index >= 15 is 0 Å². The Morgan fingerprint density at radius 1 is 1.53 bits per heavy atom. The van der Waals surface area contributed by atoms with Crippen molar-refractivity contribution in [2.24, 2.45) is 5.92 Å². The van der Waals surface area contributed by atoms with Crippen LogP contribution < -0.4 is 10.9 Å². The number of aryl methyl sites for hydroxylation is 1. The van der Waals surface area contributed by atoms with E-state index in [1.807, 2.05) is 6.92 Å². The first-order valence-electron chi connectivity index (χ1n) is 5.34. The van der Waals surface area contributed by atoms with Gasteiger partial charge >= 0.3 is 0 Å². The Hall–Kier alpha value is -1.16. The lowest BCUT2D eigenvalue weighted by Crippen LogP contribution is -2.30. The third-order valence-electron chi connectivity index (χ3n) is 2.06. The predicted molar refractivity (Wildman–Crippen MR) is 60.9 cm³/mol. The van der Waals surface area contributed by atoms with Gasteiger partial charge in [0.1, 0.15) is 0 Å². The quantitative estimate of drug-likeness (QED) is 0.730. The highest BCUT2D eigenvalue weighted by molar-refractivity contribution is 5.02. The molecule has 1 N–H and O–H groups in total. The Morgan fingerprint density at radius 2 is 2.27 bits per heavy atom. The average molecular weight is 209 g/mol. The molecule has 0 aliphatic rings. The van der Waals surface area contributed by atoms with Gasteiger partial charge in [-0.15, -0.1) is 0 Å². The molecule has 1 heterocycles. The van der Waals surface area contributed by atoms with E-state index in [2.05, 4.69) is 24.3 Å². The van der Waals surface area contributed by atoms with Crippen molar-refractivity contribution in [2.75, 3.05) is 13.1 Å². The summed E-state index contributed by atoms with van der Waals surface area (Å²) in [7, 11) is 0. The van der Waals surface area contributed by atoms with E-state index < -0.39 is 0 Å². The molecule has 0 saturated heterocycles. The molecule has 0 aromatic carbocycles. The summed E-state index contributed by atoms with van der Waals surface area (Å²) >= 11 is 0. The van der Waals surface area contributed by atoms with Crippen LogP contribution >= 0.6 is 0 Å². The average Bonchev–Trinajstić information content (AvgIpc) is 2.14. The van der Waals surface area contributed by atoms with E-state index in [4.69, 9.17) is 0 Å². The fourth-order valence-corrected chi connectivity index (χ4v) is 1.27. The maximum atomic E-state index is 11.4. The second kappa shape index (κ2) is 5.66. The molecule has 4 heteroatoms. The second-order valence-corrected chi connectivity index (χ2v) is 4.19. The maximum Gasteiger partial charge on any atom is 0.267 e. The molecule has 0 saturated carbocycles. The molecule has 15 heavy (non-hydrogen) atoms. The van der Waals surface area contributed by atoms with Crippen LogP contribution in [-0.2, 0) is 6.54 Å². The molecule has 0 aliphatic heterocycles. The summed E-state index contributed by atoms with van der Waals surface area (Å²) in [6.07, 6.45) is 1.71. The number of nitrogens with one attached hydrogen (secondary N) is 1. The molecule has 1 rings (SSSR count). The number of nitrogens with zero attached hydrogens (tertiary/aromatic N) is 2. The largest absolute Gasteiger partial charge is 0.315 e.